The van der Waals surface area contributed by atoms with Crippen LogP contribution in [0.5, 0.6) is 0 Å². The van der Waals surface area contributed by atoms with Gasteiger partial charge in [-0.15, -0.1) is 11.8 Å². The van der Waals surface area contributed by atoms with Crippen LogP contribution in [-0.2, 0) is 9.59 Å². The number of amides is 3. The topological polar surface area (TPSA) is 87.3 Å². The van der Waals surface area contributed by atoms with Crippen LogP contribution in [0.3, 0.4) is 0 Å². The molecule has 0 radical (unpaired) electrons. The summed E-state index contributed by atoms with van der Waals surface area (Å²) in [7, 11) is 0. The maximum Gasteiger partial charge on any atom is 0.272 e. The fourth-order valence-electron chi connectivity index (χ4n) is 3.57. The van der Waals surface area contributed by atoms with E-state index in [9.17, 15) is 14.4 Å². The highest BCUT2D eigenvalue weighted by Gasteiger charge is 2.18. The van der Waals surface area contributed by atoms with Gasteiger partial charge in [0, 0.05) is 25.1 Å². The van der Waals surface area contributed by atoms with Gasteiger partial charge in [0.15, 0.2) is 0 Å². The van der Waals surface area contributed by atoms with Crippen LogP contribution in [-0.4, -0.2) is 23.0 Å². The van der Waals surface area contributed by atoms with Crippen LogP contribution in [0.1, 0.15) is 22.8 Å². The molecule has 0 saturated heterocycles. The molecule has 4 rings (SSSR count). The summed E-state index contributed by atoms with van der Waals surface area (Å²) in [5.41, 5.74) is 2.50. The number of nitrogens with one attached hydrogen (secondary N) is 3. The molecule has 1 atom stereocenters. The smallest absolute Gasteiger partial charge is 0.272 e. The number of anilines is 2. The normalized spacial score (nSPS) is 11.8. The van der Waals surface area contributed by atoms with Gasteiger partial charge < -0.3 is 16.0 Å². The molecule has 0 saturated carbocycles. The standard InChI is InChI=1S/C31H25Br2N3O3S/c1-20(29(37)35-27-13-6-5-12-26(27)33)40-25-11-7-10-24(19-25)34-31(39)28(18-21-14-16-23(32)17-15-21)36-30(38)22-8-3-2-4-9-22/h2-20H,1H3,(H,34,39)(H,35,37)(H,36,38)/b28-18-. The average molecular weight is 679 g/mol. The lowest BCUT2D eigenvalue weighted by atomic mass is 10.1. The Labute approximate surface area is 253 Å². The van der Waals surface area contributed by atoms with Crippen LogP contribution in [0.25, 0.3) is 6.08 Å². The summed E-state index contributed by atoms with van der Waals surface area (Å²) in [6.45, 7) is 1.82. The number of carbonyl (C=O) groups excluding carboxylic acids is 3. The molecule has 0 spiro atoms. The second-order valence-corrected chi connectivity index (χ2v) is 11.8. The summed E-state index contributed by atoms with van der Waals surface area (Å²) in [5, 5.41) is 8.14. The van der Waals surface area contributed by atoms with E-state index in [1.165, 1.54) is 11.8 Å². The highest BCUT2D eigenvalue weighted by molar-refractivity contribution is 9.10. The zero-order chi connectivity index (χ0) is 28.5. The minimum absolute atomic E-state index is 0.0930. The Morgan fingerprint density at radius 3 is 2.23 bits per heavy atom. The molecule has 3 N–H and O–H groups in total. The van der Waals surface area contributed by atoms with Gasteiger partial charge in [-0.25, -0.2) is 0 Å². The third-order valence-corrected chi connectivity index (χ3v) is 7.93. The van der Waals surface area contributed by atoms with E-state index in [4.69, 9.17) is 0 Å². The fraction of sp³-hybridized carbons (Fsp3) is 0.0645. The van der Waals surface area contributed by atoms with Crippen molar-refractivity contribution in [2.45, 2.75) is 17.1 Å². The van der Waals surface area contributed by atoms with E-state index >= 15 is 0 Å². The average Bonchev–Trinajstić information content (AvgIpc) is 2.95. The Bertz CT molecular complexity index is 1540. The van der Waals surface area contributed by atoms with Crippen LogP contribution < -0.4 is 16.0 Å². The Morgan fingerprint density at radius 1 is 0.800 bits per heavy atom. The van der Waals surface area contributed by atoms with Crippen molar-refractivity contribution in [3.8, 4) is 0 Å². The first kappa shape index (κ1) is 29.3. The number of benzene rings is 4. The summed E-state index contributed by atoms with van der Waals surface area (Å²) >= 11 is 8.22. The molecule has 0 fully saturated rings. The third kappa shape index (κ3) is 8.42. The maximum absolute atomic E-state index is 13.3. The molecule has 0 aliphatic carbocycles. The molecule has 3 amide bonds. The predicted molar refractivity (Wildman–Crippen MR) is 169 cm³/mol. The Morgan fingerprint density at radius 2 is 1.50 bits per heavy atom. The van der Waals surface area contributed by atoms with E-state index in [1.807, 2.05) is 67.6 Å². The van der Waals surface area contributed by atoms with E-state index in [0.717, 1.165) is 19.4 Å². The summed E-state index contributed by atoms with van der Waals surface area (Å²) in [6.07, 6.45) is 1.62. The first-order valence-electron chi connectivity index (χ1n) is 12.3. The van der Waals surface area contributed by atoms with E-state index in [-0.39, 0.29) is 11.6 Å². The summed E-state index contributed by atoms with van der Waals surface area (Å²) in [4.78, 5) is 39.8. The quantitative estimate of drug-likeness (QED) is 0.125. The first-order valence-corrected chi connectivity index (χ1v) is 14.7. The van der Waals surface area contributed by atoms with Crippen LogP contribution in [0.4, 0.5) is 11.4 Å². The Hall–Kier alpha value is -3.66. The van der Waals surface area contributed by atoms with Crippen LogP contribution >= 0.6 is 43.6 Å². The number of rotatable bonds is 9. The minimum Gasteiger partial charge on any atom is -0.324 e. The largest absolute Gasteiger partial charge is 0.324 e. The van der Waals surface area contributed by atoms with E-state index < -0.39 is 17.1 Å². The van der Waals surface area contributed by atoms with Crippen LogP contribution in [0, 0.1) is 0 Å². The molecule has 40 heavy (non-hydrogen) atoms. The first-order chi connectivity index (χ1) is 19.3. The molecule has 0 aliphatic heterocycles. The minimum atomic E-state index is -0.478. The van der Waals surface area contributed by atoms with Gasteiger partial charge in [-0.1, -0.05) is 64.5 Å². The number of halogens is 2. The molecule has 0 bridgehead atoms. The van der Waals surface area contributed by atoms with Gasteiger partial charge in [0.1, 0.15) is 5.70 Å². The van der Waals surface area contributed by atoms with Crippen LogP contribution in [0.2, 0.25) is 0 Å². The zero-order valence-electron chi connectivity index (χ0n) is 21.4. The van der Waals surface area contributed by atoms with E-state index in [2.05, 4.69) is 47.8 Å². The molecule has 4 aromatic carbocycles. The van der Waals surface area contributed by atoms with Gasteiger partial charge in [-0.3, -0.25) is 14.4 Å². The lowest BCUT2D eigenvalue weighted by Gasteiger charge is -2.14. The van der Waals surface area contributed by atoms with Crippen molar-refractivity contribution in [3.63, 3.8) is 0 Å². The van der Waals surface area contributed by atoms with Crippen LogP contribution in [0.15, 0.2) is 123 Å². The molecular weight excluding hydrogens is 654 g/mol. The Kier molecular flexibility index (Phi) is 10.3. The fourth-order valence-corrected chi connectivity index (χ4v) is 5.14. The molecule has 0 aromatic heterocycles. The summed E-state index contributed by atoms with van der Waals surface area (Å²) < 4.78 is 1.70. The van der Waals surface area contributed by atoms with Crippen molar-refractivity contribution in [2.75, 3.05) is 10.6 Å². The van der Waals surface area contributed by atoms with Crippen molar-refractivity contribution in [1.82, 2.24) is 5.32 Å². The van der Waals surface area contributed by atoms with Crippen molar-refractivity contribution in [1.29, 1.82) is 0 Å². The van der Waals surface area contributed by atoms with Gasteiger partial charge in [-0.2, -0.15) is 0 Å². The number of carbonyl (C=O) groups is 3. The van der Waals surface area contributed by atoms with Gasteiger partial charge in [0.05, 0.1) is 10.9 Å². The molecule has 1 unspecified atom stereocenters. The number of thioether (sulfide) groups is 1. The molecule has 6 nitrogen and oxygen atoms in total. The van der Waals surface area contributed by atoms with Crippen molar-refractivity contribution >= 4 is 78.8 Å². The SMILES string of the molecule is CC(Sc1cccc(NC(=O)/C(=C/c2ccc(Br)cc2)NC(=O)c2ccccc2)c1)C(=O)Nc1ccccc1Br. The van der Waals surface area contributed by atoms with E-state index in [1.54, 1.807) is 48.5 Å². The molecular formula is C31H25Br2N3O3S. The van der Waals surface area contributed by atoms with Gasteiger partial charge in [0.2, 0.25) is 5.91 Å². The summed E-state index contributed by atoms with van der Waals surface area (Å²) in [5.74, 6) is -1.02. The lowest BCUT2D eigenvalue weighted by Crippen LogP contribution is -2.30. The van der Waals surface area contributed by atoms with Crippen molar-refractivity contribution in [2.24, 2.45) is 0 Å². The molecule has 4 aromatic rings. The maximum atomic E-state index is 13.3. The van der Waals surface area contributed by atoms with E-state index in [0.29, 0.717) is 16.9 Å². The molecule has 9 heteroatoms. The highest BCUT2D eigenvalue weighted by Crippen LogP contribution is 2.28. The Balaban J connectivity index is 1.48. The number of hydrogen-bond donors (Lipinski definition) is 3. The monoisotopic (exact) mass is 677 g/mol. The summed E-state index contributed by atoms with van der Waals surface area (Å²) in [6, 6.07) is 30.7. The lowest BCUT2D eigenvalue weighted by molar-refractivity contribution is -0.115. The molecule has 0 heterocycles. The molecule has 0 aliphatic rings. The predicted octanol–water partition coefficient (Wildman–Crippen LogP) is 7.74. The second-order valence-electron chi connectivity index (χ2n) is 8.64. The third-order valence-electron chi connectivity index (χ3n) is 5.62. The van der Waals surface area contributed by atoms with Crippen molar-refractivity contribution in [3.05, 3.63) is 129 Å². The van der Waals surface area contributed by atoms with Gasteiger partial charge in [-0.05, 0) is 89.1 Å². The zero-order valence-corrected chi connectivity index (χ0v) is 25.3. The highest BCUT2D eigenvalue weighted by atomic mass is 79.9. The van der Waals surface area contributed by atoms with Gasteiger partial charge >= 0.3 is 0 Å². The number of hydrogen-bond acceptors (Lipinski definition) is 4. The van der Waals surface area contributed by atoms with Gasteiger partial charge in [0.25, 0.3) is 11.8 Å². The van der Waals surface area contributed by atoms with Crippen molar-refractivity contribution < 1.29 is 14.4 Å². The second kappa shape index (κ2) is 14.1. The number of para-hydroxylation sites is 1. The molecule has 202 valence electrons.